The number of hydrogen-bond donors (Lipinski definition) is 0. The lowest BCUT2D eigenvalue weighted by Crippen LogP contribution is -2.36. The lowest BCUT2D eigenvalue weighted by atomic mass is 10.1. The molecule has 0 saturated carbocycles. The van der Waals surface area contributed by atoms with Crippen molar-refractivity contribution in [1.82, 2.24) is 0 Å². The van der Waals surface area contributed by atoms with Crippen LogP contribution in [0.2, 0.25) is 0 Å². The number of nitrogens with zero attached hydrogens (tertiary/aromatic N) is 1. The summed E-state index contributed by atoms with van der Waals surface area (Å²) in [6.45, 7) is 4.44. The molecule has 0 aromatic carbocycles. The summed E-state index contributed by atoms with van der Waals surface area (Å²) in [7, 11) is 0. The van der Waals surface area contributed by atoms with Crippen LogP contribution in [0.5, 0.6) is 0 Å². The average molecular weight is 253 g/mol. The maximum atomic E-state index is 4.74. The third-order valence-electron chi connectivity index (χ3n) is 2.05. The maximum absolute atomic E-state index is 4.74. The molecule has 0 radical (unpaired) electrons. The van der Waals surface area contributed by atoms with E-state index in [0.717, 1.165) is 0 Å². The molecule has 0 aromatic heterocycles. The lowest BCUT2D eigenvalue weighted by molar-refractivity contribution is 0.563. The number of aliphatic imine (C=N–C) groups is 1. The quantitative estimate of drug-likeness (QED) is 0.697. The number of thioether (sulfide) groups is 4. The molecular weight excluding hydrogens is 238 g/mol. The van der Waals surface area contributed by atoms with E-state index in [4.69, 9.17) is 4.99 Å². The summed E-state index contributed by atoms with van der Waals surface area (Å²) in [5.41, 5.74) is 0.0366. The van der Waals surface area contributed by atoms with Crippen molar-refractivity contribution in [2.75, 3.05) is 18.8 Å². The van der Waals surface area contributed by atoms with Gasteiger partial charge in [-0.25, -0.2) is 0 Å². The predicted octanol–water partition coefficient (Wildman–Crippen LogP) is 3.61. The molecule has 1 aliphatic heterocycles. The lowest BCUT2D eigenvalue weighted by Gasteiger charge is -2.35. The van der Waals surface area contributed by atoms with E-state index in [-0.39, 0.29) is 8.95 Å². The molecule has 1 rings (SSSR count). The number of hydrogen-bond acceptors (Lipinski definition) is 5. The molecule has 13 heavy (non-hydrogen) atoms. The van der Waals surface area contributed by atoms with Crippen LogP contribution in [0, 0.1) is 0 Å². The summed E-state index contributed by atoms with van der Waals surface area (Å²) in [5.74, 6) is 0. The Hall–Kier alpha value is 1.07. The van der Waals surface area contributed by atoms with Crippen LogP contribution in [0.25, 0.3) is 0 Å². The van der Waals surface area contributed by atoms with Crippen LogP contribution < -0.4 is 0 Å². The van der Waals surface area contributed by atoms with Crippen LogP contribution in [-0.2, 0) is 0 Å². The highest BCUT2D eigenvalue weighted by Gasteiger charge is 2.50. The minimum atomic E-state index is 0.0366. The molecule has 0 bridgehead atoms. The summed E-state index contributed by atoms with van der Waals surface area (Å²) in [6, 6.07) is 0. The Balaban J connectivity index is 2.94. The first-order valence-electron chi connectivity index (χ1n) is 3.94. The largest absolute Gasteiger partial charge is 0.262 e. The van der Waals surface area contributed by atoms with Gasteiger partial charge >= 0.3 is 0 Å². The van der Waals surface area contributed by atoms with Gasteiger partial charge in [0, 0.05) is 0 Å². The highest BCUT2D eigenvalue weighted by Crippen LogP contribution is 2.59. The average Bonchev–Trinajstić information content (AvgIpc) is 2.37. The molecule has 0 fully saturated rings. The molecule has 0 saturated heterocycles. The summed E-state index contributed by atoms with van der Waals surface area (Å²) in [6.07, 6.45) is 6.44. The molecule has 0 aromatic rings. The van der Waals surface area contributed by atoms with Gasteiger partial charge in [0.2, 0.25) is 0 Å². The zero-order valence-corrected chi connectivity index (χ0v) is 11.8. The summed E-state index contributed by atoms with van der Waals surface area (Å²) < 4.78 is 1.39. The Morgan fingerprint density at radius 2 is 1.69 bits per heavy atom. The fourth-order valence-corrected chi connectivity index (χ4v) is 6.35. The van der Waals surface area contributed by atoms with E-state index in [1.165, 1.54) is 4.38 Å². The van der Waals surface area contributed by atoms with E-state index in [2.05, 4.69) is 32.6 Å². The van der Waals surface area contributed by atoms with Crippen molar-refractivity contribution in [3.05, 3.63) is 0 Å². The highest BCUT2D eigenvalue weighted by molar-refractivity contribution is 8.48. The van der Waals surface area contributed by atoms with Gasteiger partial charge in [-0.1, -0.05) is 11.8 Å². The first-order chi connectivity index (χ1) is 6.01. The topological polar surface area (TPSA) is 12.4 Å². The minimum Gasteiger partial charge on any atom is -0.262 e. The first kappa shape index (κ1) is 12.1. The molecule has 0 amide bonds. The Labute approximate surface area is 97.7 Å². The predicted molar refractivity (Wildman–Crippen MR) is 72.4 cm³/mol. The van der Waals surface area contributed by atoms with Gasteiger partial charge in [-0.3, -0.25) is 4.99 Å². The van der Waals surface area contributed by atoms with Crippen LogP contribution in [-0.4, -0.2) is 32.1 Å². The van der Waals surface area contributed by atoms with E-state index in [1.807, 2.05) is 35.3 Å². The summed E-state index contributed by atoms with van der Waals surface area (Å²) >= 11 is 7.47. The van der Waals surface area contributed by atoms with Crippen molar-refractivity contribution in [1.29, 1.82) is 0 Å². The molecule has 76 valence electrons. The van der Waals surface area contributed by atoms with Crippen LogP contribution in [0.15, 0.2) is 4.99 Å². The fourth-order valence-electron chi connectivity index (χ4n) is 1.31. The molecule has 0 aliphatic carbocycles. The van der Waals surface area contributed by atoms with Gasteiger partial charge in [-0.05, 0) is 32.6 Å². The van der Waals surface area contributed by atoms with Gasteiger partial charge in [0.05, 0.1) is 5.54 Å². The van der Waals surface area contributed by atoms with Crippen molar-refractivity contribution < 1.29 is 0 Å². The van der Waals surface area contributed by atoms with Gasteiger partial charge in [0.15, 0.2) is 0 Å². The number of rotatable bonds is 2. The second kappa shape index (κ2) is 4.29. The molecule has 0 N–H and O–H groups in total. The second-order valence-electron chi connectivity index (χ2n) is 3.21. The monoisotopic (exact) mass is 253 g/mol. The standard InChI is InChI=1S/C8H15NS4/c1-7(2)8(11-4,12-5)13-6(9-7)10-3/h1-5H3. The zero-order chi connectivity index (χ0) is 10.1. The molecular formula is C8H15NS4. The van der Waals surface area contributed by atoms with E-state index in [9.17, 15) is 0 Å². The molecule has 0 spiro atoms. The normalized spacial score (nSPS) is 24.5. The van der Waals surface area contributed by atoms with Gasteiger partial charge in [-0.2, -0.15) is 0 Å². The van der Waals surface area contributed by atoms with Gasteiger partial charge < -0.3 is 0 Å². The van der Waals surface area contributed by atoms with E-state index in [1.54, 1.807) is 11.8 Å². The third kappa shape index (κ3) is 2.03. The smallest absolute Gasteiger partial charge is 0.137 e. The Morgan fingerprint density at radius 1 is 1.15 bits per heavy atom. The fraction of sp³-hybridized carbons (Fsp3) is 0.875. The third-order valence-corrected chi connectivity index (χ3v) is 8.85. The van der Waals surface area contributed by atoms with Crippen LogP contribution in [0.4, 0.5) is 0 Å². The van der Waals surface area contributed by atoms with Crippen molar-refractivity contribution in [2.24, 2.45) is 4.99 Å². The molecule has 1 aliphatic rings. The second-order valence-corrected chi connectivity index (χ2v) is 8.28. The minimum absolute atomic E-state index is 0.0366. The Morgan fingerprint density at radius 3 is 1.92 bits per heavy atom. The molecule has 1 nitrogen and oxygen atoms in total. The van der Waals surface area contributed by atoms with Crippen molar-refractivity contribution >= 4 is 51.4 Å². The Kier molecular flexibility index (Phi) is 4.01. The Bertz CT molecular complexity index is 220. The van der Waals surface area contributed by atoms with Crippen LogP contribution in [0.1, 0.15) is 13.8 Å². The maximum Gasteiger partial charge on any atom is 0.137 e. The van der Waals surface area contributed by atoms with E-state index in [0.29, 0.717) is 0 Å². The van der Waals surface area contributed by atoms with Crippen molar-refractivity contribution in [3.8, 4) is 0 Å². The summed E-state index contributed by atoms with van der Waals surface area (Å²) in [4.78, 5) is 4.74. The first-order valence-corrected chi connectivity index (χ1v) is 8.43. The van der Waals surface area contributed by atoms with Gasteiger partial charge in [0.1, 0.15) is 7.79 Å². The molecule has 0 atom stereocenters. The van der Waals surface area contributed by atoms with Crippen LogP contribution >= 0.6 is 47.0 Å². The zero-order valence-electron chi connectivity index (χ0n) is 8.58. The van der Waals surface area contributed by atoms with Crippen molar-refractivity contribution in [3.63, 3.8) is 0 Å². The highest BCUT2D eigenvalue weighted by atomic mass is 32.3. The molecule has 0 unspecified atom stereocenters. The van der Waals surface area contributed by atoms with Crippen LogP contribution in [0.3, 0.4) is 0 Å². The van der Waals surface area contributed by atoms with Gasteiger partial charge in [-0.15, -0.1) is 35.3 Å². The molecule has 5 heteroatoms. The van der Waals surface area contributed by atoms with E-state index < -0.39 is 0 Å². The van der Waals surface area contributed by atoms with Crippen molar-refractivity contribution in [2.45, 2.75) is 22.8 Å². The molecule has 1 heterocycles. The summed E-state index contributed by atoms with van der Waals surface area (Å²) in [5, 5.41) is 0. The van der Waals surface area contributed by atoms with Gasteiger partial charge in [0.25, 0.3) is 0 Å². The van der Waals surface area contributed by atoms with E-state index >= 15 is 0 Å². The SMILES string of the molecule is CSC1=NC(C)(C)C(SC)(SC)S1.